The number of hydrogen-bond donors (Lipinski definition) is 1. The van der Waals surface area contributed by atoms with Crippen LogP contribution in [0.2, 0.25) is 10.0 Å². The summed E-state index contributed by atoms with van der Waals surface area (Å²) < 4.78 is 0. The summed E-state index contributed by atoms with van der Waals surface area (Å²) in [6, 6.07) is 5.88. The van der Waals surface area contributed by atoms with Crippen molar-refractivity contribution in [2.45, 2.75) is 57.4 Å². The summed E-state index contributed by atoms with van der Waals surface area (Å²) in [5.74, 6) is 0. The minimum atomic E-state index is 0.118. The van der Waals surface area contributed by atoms with Crippen LogP contribution in [0.5, 0.6) is 0 Å². The second-order valence-corrected chi connectivity index (χ2v) is 8.65. The van der Waals surface area contributed by atoms with Crippen LogP contribution in [0.4, 0.5) is 0 Å². The van der Waals surface area contributed by atoms with Gasteiger partial charge in [-0.1, -0.05) is 29.3 Å². The molecule has 0 amide bonds. The molecule has 0 aliphatic heterocycles. The second-order valence-electron chi connectivity index (χ2n) is 7.83. The van der Waals surface area contributed by atoms with E-state index in [9.17, 15) is 0 Å². The van der Waals surface area contributed by atoms with Crippen LogP contribution in [0.3, 0.4) is 0 Å². The van der Waals surface area contributed by atoms with Gasteiger partial charge in [-0.2, -0.15) is 0 Å². The van der Waals surface area contributed by atoms with Crippen LogP contribution >= 0.6 is 23.2 Å². The Morgan fingerprint density at radius 3 is 2.10 bits per heavy atom. The van der Waals surface area contributed by atoms with Gasteiger partial charge in [0.2, 0.25) is 0 Å². The zero-order valence-corrected chi connectivity index (χ0v) is 14.0. The highest BCUT2D eigenvalue weighted by Crippen LogP contribution is 2.69. The Morgan fingerprint density at radius 2 is 1.65 bits per heavy atom. The van der Waals surface area contributed by atoms with Crippen LogP contribution in [0.25, 0.3) is 0 Å². The molecule has 110 valence electrons. The highest BCUT2D eigenvalue weighted by molar-refractivity contribution is 6.36. The smallest absolute Gasteiger partial charge is 0.0459 e. The lowest BCUT2D eigenvalue weighted by Gasteiger charge is -2.51. The molecule has 0 heterocycles. The molecule has 2 aliphatic carbocycles. The molecule has 0 radical (unpaired) electrons. The number of halogens is 2. The first-order valence-corrected chi connectivity index (χ1v) is 8.21. The average Bonchev–Trinajstić information content (AvgIpc) is 3.04. The molecule has 20 heavy (non-hydrogen) atoms. The average molecular weight is 312 g/mol. The van der Waals surface area contributed by atoms with Crippen LogP contribution in [0.1, 0.15) is 52.0 Å². The van der Waals surface area contributed by atoms with Crippen LogP contribution in [0.15, 0.2) is 18.2 Å². The van der Waals surface area contributed by atoms with E-state index in [0.29, 0.717) is 5.41 Å². The number of nitrogens with one attached hydrogen (secondary N) is 1. The van der Waals surface area contributed by atoms with Crippen molar-refractivity contribution in [2.24, 2.45) is 5.41 Å². The van der Waals surface area contributed by atoms with Gasteiger partial charge in [-0.15, -0.1) is 0 Å². The largest absolute Gasteiger partial charge is 0.311 e. The molecule has 3 rings (SSSR count). The van der Waals surface area contributed by atoms with E-state index in [2.05, 4.69) is 26.1 Å². The SMILES string of the molecule is CC(C)(C)NCC1(c2c(Cl)cccc2Cl)CC2(CC2)C1. The Hall–Kier alpha value is -0.240. The van der Waals surface area contributed by atoms with Crippen molar-refractivity contribution in [3.63, 3.8) is 0 Å². The topological polar surface area (TPSA) is 12.0 Å². The van der Waals surface area contributed by atoms with Crippen molar-refractivity contribution in [3.8, 4) is 0 Å². The quantitative estimate of drug-likeness (QED) is 0.809. The Morgan fingerprint density at radius 1 is 1.10 bits per heavy atom. The van der Waals surface area contributed by atoms with Gasteiger partial charge in [0.15, 0.2) is 0 Å². The van der Waals surface area contributed by atoms with Gasteiger partial charge in [-0.05, 0) is 69.6 Å². The number of hydrogen-bond acceptors (Lipinski definition) is 1. The molecule has 2 aliphatic rings. The Labute approximate surface area is 132 Å². The summed E-state index contributed by atoms with van der Waals surface area (Å²) >= 11 is 13.0. The molecule has 1 aromatic rings. The Balaban J connectivity index is 1.90. The minimum absolute atomic E-state index is 0.118. The molecule has 0 bridgehead atoms. The van der Waals surface area contributed by atoms with Gasteiger partial charge < -0.3 is 5.32 Å². The van der Waals surface area contributed by atoms with Gasteiger partial charge in [-0.3, -0.25) is 0 Å². The van der Waals surface area contributed by atoms with Gasteiger partial charge in [0.25, 0.3) is 0 Å². The predicted octanol–water partition coefficient (Wildman–Crippen LogP) is 5.19. The van der Waals surface area contributed by atoms with E-state index in [1.807, 2.05) is 18.2 Å². The molecule has 0 aromatic heterocycles. The maximum absolute atomic E-state index is 6.48. The van der Waals surface area contributed by atoms with Crippen molar-refractivity contribution in [3.05, 3.63) is 33.8 Å². The standard InChI is InChI=1S/C17H23Cl2N/c1-15(2,3)20-11-17(9-16(10-17)7-8-16)14-12(18)5-4-6-13(14)19/h4-6,20H,7-11H2,1-3H3. The van der Waals surface area contributed by atoms with E-state index < -0.39 is 0 Å². The summed E-state index contributed by atoms with van der Waals surface area (Å²) in [7, 11) is 0. The molecular formula is C17H23Cl2N. The monoisotopic (exact) mass is 311 g/mol. The molecule has 2 fully saturated rings. The van der Waals surface area contributed by atoms with Crippen LogP contribution in [-0.2, 0) is 5.41 Å². The van der Waals surface area contributed by atoms with Gasteiger partial charge in [0.05, 0.1) is 0 Å². The zero-order valence-electron chi connectivity index (χ0n) is 12.5. The fourth-order valence-electron chi connectivity index (χ4n) is 3.74. The highest BCUT2D eigenvalue weighted by Gasteiger charge is 2.62. The van der Waals surface area contributed by atoms with Gasteiger partial charge >= 0.3 is 0 Å². The van der Waals surface area contributed by atoms with Crippen molar-refractivity contribution in [1.29, 1.82) is 0 Å². The first kappa shape index (κ1) is 14.7. The van der Waals surface area contributed by atoms with Gasteiger partial charge in [0, 0.05) is 27.5 Å². The molecule has 1 aromatic carbocycles. The lowest BCUT2D eigenvalue weighted by atomic mass is 9.56. The third-order valence-electron chi connectivity index (χ3n) is 4.83. The number of rotatable bonds is 3. The first-order chi connectivity index (χ1) is 9.25. The highest BCUT2D eigenvalue weighted by atomic mass is 35.5. The third-order valence-corrected chi connectivity index (χ3v) is 5.46. The minimum Gasteiger partial charge on any atom is -0.311 e. The van der Waals surface area contributed by atoms with Crippen molar-refractivity contribution in [2.75, 3.05) is 6.54 Å². The fourth-order valence-corrected chi connectivity index (χ4v) is 4.54. The molecule has 0 unspecified atom stereocenters. The fraction of sp³-hybridized carbons (Fsp3) is 0.647. The molecule has 0 saturated heterocycles. The van der Waals surface area contributed by atoms with Crippen molar-refractivity contribution in [1.82, 2.24) is 5.32 Å². The van der Waals surface area contributed by atoms with E-state index in [1.165, 1.54) is 25.7 Å². The van der Waals surface area contributed by atoms with Crippen LogP contribution in [-0.4, -0.2) is 12.1 Å². The van der Waals surface area contributed by atoms with E-state index >= 15 is 0 Å². The lowest BCUT2D eigenvalue weighted by Crippen LogP contribution is -2.53. The summed E-state index contributed by atoms with van der Waals surface area (Å²) in [4.78, 5) is 0. The van der Waals surface area contributed by atoms with Crippen LogP contribution < -0.4 is 5.32 Å². The molecular weight excluding hydrogens is 289 g/mol. The summed E-state index contributed by atoms with van der Waals surface area (Å²) in [6.07, 6.45) is 5.22. The predicted molar refractivity (Wildman–Crippen MR) is 86.8 cm³/mol. The molecule has 1 nitrogen and oxygen atoms in total. The van der Waals surface area contributed by atoms with Gasteiger partial charge in [0.1, 0.15) is 0 Å². The maximum Gasteiger partial charge on any atom is 0.0459 e. The lowest BCUT2D eigenvalue weighted by molar-refractivity contribution is 0.108. The molecule has 2 saturated carbocycles. The number of benzene rings is 1. The maximum atomic E-state index is 6.48. The first-order valence-electron chi connectivity index (χ1n) is 7.45. The van der Waals surface area contributed by atoms with Crippen molar-refractivity contribution >= 4 is 23.2 Å². The van der Waals surface area contributed by atoms with Crippen LogP contribution in [0, 0.1) is 5.41 Å². The zero-order chi connectivity index (χ0) is 14.6. The molecule has 3 heteroatoms. The van der Waals surface area contributed by atoms with Gasteiger partial charge in [-0.25, -0.2) is 0 Å². The van der Waals surface area contributed by atoms with E-state index in [0.717, 1.165) is 22.2 Å². The molecule has 1 N–H and O–H groups in total. The molecule has 1 spiro atoms. The second kappa shape index (κ2) is 4.63. The molecule has 0 atom stereocenters. The van der Waals surface area contributed by atoms with E-state index in [4.69, 9.17) is 23.2 Å². The normalized spacial score (nSPS) is 22.6. The Bertz CT molecular complexity index is 498. The summed E-state index contributed by atoms with van der Waals surface area (Å²) in [5, 5.41) is 5.31. The van der Waals surface area contributed by atoms with E-state index in [1.54, 1.807) is 0 Å². The Kier molecular flexibility index (Phi) is 3.40. The van der Waals surface area contributed by atoms with E-state index in [-0.39, 0.29) is 11.0 Å². The summed E-state index contributed by atoms with van der Waals surface area (Å²) in [6.45, 7) is 7.59. The summed E-state index contributed by atoms with van der Waals surface area (Å²) in [5.41, 5.74) is 2.02. The third kappa shape index (κ3) is 2.61. The van der Waals surface area contributed by atoms with Crippen molar-refractivity contribution < 1.29 is 0 Å².